The lowest BCUT2D eigenvalue weighted by Crippen LogP contribution is -2.34. The van der Waals surface area contributed by atoms with Gasteiger partial charge in [0.15, 0.2) is 0 Å². The molecule has 1 atom stereocenters. The summed E-state index contributed by atoms with van der Waals surface area (Å²) in [7, 11) is -1.85. The quantitative estimate of drug-likeness (QED) is 0.883. The Balaban J connectivity index is 2.21. The number of hydrogen-bond acceptors (Lipinski definition) is 5. The molecule has 2 N–H and O–H groups in total. The largest absolute Gasteiger partial charge is 0.372 e. The fraction of sp³-hybridized carbons (Fsp3) is 0.500. The number of anilines is 1. The molecule has 5 nitrogen and oxygen atoms in total. The number of sulfonamides is 1. The fourth-order valence-corrected chi connectivity index (χ4v) is 4.49. The molecule has 8 heteroatoms. The maximum Gasteiger partial charge on any atom is 0.242 e. The van der Waals surface area contributed by atoms with E-state index in [0.29, 0.717) is 10.8 Å². The van der Waals surface area contributed by atoms with Crippen molar-refractivity contribution in [3.63, 3.8) is 0 Å². The summed E-state index contributed by atoms with van der Waals surface area (Å²) in [5.41, 5.74) is 0. The number of pyridine rings is 1. The maximum atomic E-state index is 12.1. The summed E-state index contributed by atoms with van der Waals surface area (Å²) in [6.07, 6.45) is 2.17. The molecule has 1 aliphatic heterocycles. The molecule has 2 heterocycles. The Morgan fingerprint density at radius 1 is 1.56 bits per heavy atom. The van der Waals surface area contributed by atoms with Gasteiger partial charge in [-0.2, -0.15) is 11.8 Å². The molecule has 100 valence electrons. The molecule has 0 radical (unpaired) electrons. The van der Waals surface area contributed by atoms with Crippen LogP contribution >= 0.6 is 23.4 Å². The van der Waals surface area contributed by atoms with E-state index >= 15 is 0 Å². The third-order valence-corrected chi connectivity index (χ3v) is 5.55. The van der Waals surface area contributed by atoms with Gasteiger partial charge in [-0.15, -0.1) is 0 Å². The van der Waals surface area contributed by atoms with Crippen LogP contribution in [0.25, 0.3) is 0 Å². The Bertz CT molecular complexity index is 530. The standard InChI is InChI=1S/C10H14ClN3O2S2/c1-12-10-9(11)4-8(5-13-10)18(15,16)14-7-2-3-17-6-7/h4-5,7,14H,2-3,6H2,1H3,(H,12,13). The predicted octanol–water partition coefficient (Wildman–Crippen LogP) is 1.56. The SMILES string of the molecule is CNc1ncc(S(=O)(=O)NC2CCSC2)cc1Cl. The first kappa shape index (κ1) is 13.9. The van der Waals surface area contributed by atoms with Gasteiger partial charge in [0.05, 0.1) is 5.02 Å². The summed E-state index contributed by atoms with van der Waals surface area (Å²) in [6.45, 7) is 0. The summed E-state index contributed by atoms with van der Waals surface area (Å²) in [6, 6.07) is 1.41. The number of thioether (sulfide) groups is 1. The van der Waals surface area contributed by atoms with Crippen molar-refractivity contribution in [1.29, 1.82) is 0 Å². The summed E-state index contributed by atoms with van der Waals surface area (Å²) in [4.78, 5) is 4.07. The molecule has 0 aromatic carbocycles. The Labute approximate surface area is 116 Å². The number of nitrogens with one attached hydrogen (secondary N) is 2. The number of aromatic nitrogens is 1. The van der Waals surface area contributed by atoms with Gasteiger partial charge in [-0.25, -0.2) is 18.1 Å². The molecule has 0 amide bonds. The van der Waals surface area contributed by atoms with Crippen LogP contribution in [0.15, 0.2) is 17.2 Å². The smallest absolute Gasteiger partial charge is 0.242 e. The van der Waals surface area contributed by atoms with Crippen molar-refractivity contribution in [1.82, 2.24) is 9.71 Å². The van der Waals surface area contributed by atoms with Crippen LogP contribution in [0.2, 0.25) is 5.02 Å². The molecular weight excluding hydrogens is 294 g/mol. The van der Waals surface area contributed by atoms with E-state index in [1.54, 1.807) is 18.8 Å². The van der Waals surface area contributed by atoms with E-state index in [1.165, 1.54) is 12.3 Å². The van der Waals surface area contributed by atoms with Gasteiger partial charge >= 0.3 is 0 Å². The molecule has 18 heavy (non-hydrogen) atoms. The number of nitrogens with zero attached hydrogens (tertiary/aromatic N) is 1. The Morgan fingerprint density at radius 3 is 2.89 bits per heavy atom. The molecule has 2 rings (SSSR count). The van der Waals surface area contributed by atoms with Crippen LogP contribution in [-0.2, 0) is 10.0 Å². The second-order valence-corrected chi connectivity index (χ2v) is 7.20. The molecule has 1 unspecified atom stereocenters. The van der Waals surface area contributed by atoms with E-state index in [9.17, 15) is 8.42 Å². The molecule has 0 aliphatic carbocycles. The van der Waals surface area contributed by atoms with Crippen LogP contribution < -0.4 is 10.0 Å². The first-order valence-electron chi connectivity index (χ1n) is 5.46. The molecule has 1 saturated heterocycles. The molecule has 0 bridgehead atoms. The van der Waals surface area contributed by atoms with Crippen LogP contribution in [0.4, 0.5) is 5.82 Å². The van der Waals surface area contributed by atoms with Crippen molar-refractivity contribution in [3.8, 4) is 0 Å². The highest BCUT2D eigenvalue weighted by molar-refractivity contribution is 7.99. The molecular formula is C10H14ClN3O2S2. The van der Waals surface area contributed by atoms with Crippen molar-refractivity contribution in [2.75, 3.05) is 23.9 Å². The molecule has 1 fully saturated rings. The zero-order valence-corrected chi connectivity index (χ0v) is 12.2. The molecule has 1 aliphatic rings. The minimum absolute atomic E-state index is 0.00255. The van der Waals surface area contributed by atoms with E-state index in [-0.39, 0.29) is 10.9 Å². The van der Waals surface area contributed by atoms with Gasteiger partial charge in [-0.05, 0) is 18.2 Å². The monoisotopic (exact) mass is 307 g/mol. The van der Waals surface area contributed by atoms with Crippen molar-refractivity contribution in [2.24, 2.45) is 0 Å². The highest BCUT2D eigenvalue weighted by Crippen LogP contribution is 2.23. The topological polar surface area (TPSA) is 71.1 Å². The first-order valence-corrected chi connectivity index (χ1v) is 8.48. The average Bonchev–Trinajstić information content (AvgIpc) is 2.81. The van der Waals surface area contributed by atoms with E-state index < -0.39 is 10.0 Å². The van der Waals surface area contributed by atoms with Gasteiger partial charge in [-0.3, -0.25) is 0 Å². The zero-order valence-electron chi connectivity index (χ0n) is 9.81. The summed E-state index contributed by atoms with van der Waals surface area (Å²) >= 11 is 7.68. The maximum absolute atomic E-state index is 12.1. The van der Waals surface area contributed by atoms with Crippen molar-refractivity contribution >= 4 is 39.2 Å². The van der Waals surface area contributed by atoms with Crippen molar-refractivity contribution in [2.45, 2.75) is 17.4 Å². The second kappa shape index (κ2) is 5.64. The third kappa shape index (κ3) is 3.09. The van der Waals surface area contributed by atoms with Gasteiger partial charge in [0, 0.05) is 25.0 Å². The highest BCUT2D eigenvalue weighted by atomic mass is 35.5. The molecule has 1 aromatic heterocycles. The van der Waals surface area contributed by atoms with Gasteiger partial charge in [0.2, 0.25) is 10.0 Å². The Kier molecular flexibility index (Phi) is 4.37. The fourth-order valence-electron chi connectivity index (χ4n) is 1.67. The van der Waals surface area contributed by atoms with Crippen molar-refractivity contribution < 1.29 is 8.42 Å². The molecule has 0 spiro atoms. The Hall–Kier alpha value is -0.500. The average molecular weight is 308 g/mol. The van der Waals surface area contributed by atoms with E-state index in [1.807, 2.05) is 0 Å². The highest BCUT2D eigenvalue weighted by Gasteiger charge is 2.24. The lowest BCUT2D eigenvalue weighted by atomic mass is 10.3. The molecule has 0 saturated carbocycles. The minimum atomic E-state index is -3.53. The number of halogens is 1. The lowest BCUT2D eigenvalue weighted by molar-refractivity contribution is 0.563. The van der Waals surface area contributed by atoms with Crippen LogP contribution in [0.5, 0.6) is 0 Å². The Morgan fingerprint density at radius 2 is 2.33 bits per heavy atom. The van der Waals surface area contributed by atoms with E-state index in [2.05, 4.69) is 15.0 Å². The first-order chi connectivity index (χ1) is 8.53. The van der Waals surface area contributed by atoms with Crippen molar-refractivity contribution in [3.05, 3.63) is 17.3 Å². The van der Waals surface area contributed by atoms with Gasteiger partial charge in [-0.1, -0.05) is 11.6 Å². The lowest BCUT2D eigenvalue weighted by Gasteiger charge is -2.12. The third-order valence-electron chi connectivity index (χ3n) is 2.61. The van der Waals surface area contributed by atoms with Crippen LogP contribution in [-0.4, -0.2) is 38.0 Å². The van der Waals surface area contributed by atoms with Gasteiger partial charge < -0.3 is 5.32 Å². The van der Waals surface area contributed by atoms with Gasteiger partial charge in [0.1, 0.15) is 10.7 Å². The second-order valence-electron chi connectivity index (χ2n) is 3.93. The number of hydrogen-bond donors (Lipinski definition) is 2. The summed E-state index contributed by atoms with van der Waals surface area (Å²) in [5.74, 6) is 2.27. The summed E-state index contributed by atoms with van der Waals surface area (Å²) in [5, 5.41) is 3.08. The van der Waals surface area contributed by atoms with E-state index in [0.717, 1.165) is 17.9 Å². The van der Waals surface area contributed by atoms with Crippen LogP contribution in [0.1, 0.15) is 6.42 Å². The molecule has 1 aromatic rings. The minimum Gasteiger partial charge on any atom is -0.372 e. The summed E-state index contributed by atoms with van der Waals surface area (Å²) < 4.78 is 26.9. The van der Waals surface area contributed by atoms with Crippen LogP contribution in [0, 0.1) is 0 Å². The predicted molar refractivity (Wildman–Crippen MR) is 74.8 cm³/mol. The van der Waals surface area contributed by atoms with E-state index in [4.69, 9.17) is 11.6 Å². The van der Waals surface area contributed by atoms with Gasteiger partial charge in [0.25, 0.3) is 0 Å². The zero-order chi connectivity index (χ0) is 13.2. The number of rotatable bonds is 4. The normalized spacial score (nSPS) is 20.0. The van der Waals surface area contributed by atoms with Crippen LogP contribution in [0.3, 0.4) is 0 Å².